The van der Waals surface area contributed by atoms with Gasteiger partial charge in [0, 0.05) is 68.4 Å². The highest BCUT2D eigenvalue weighted by Gasteiger charge is 2.44. The first kappa shape index (κ1) is 59.5. The number of hydrogen-bond donors (Lipinski definition) is 9. The van der Waals surface area contributed by atoms with Gasteiger partial charge in [0.05, 0.1) is 35.8 Å². The van der Waals surface area contributed by atoms with Gasteiger partial charge in [0.2, 0.25) is 23.6 Å². The Morgan fingerprint density at radius 2 is 1.68 bits per heavy atom. The number of aromatic nitrogens is 3. The van der Waals surface area contributed by atoms with Crippen molar-refractivity contribution in [1.29, 1.82) is 5.41 Å². The zero-order chi connectivity index (χ0) is 56.2. The van der Waals surface area contributed by atoms with Crippen LogP contribution >= 0.6 is 11.3 Å². The van der Waals surface area contributed by atoms with Crippen LogP contribution < -0.4 is 43.3 Å². The minimum atomic E-state index is -0.908. The zero-order valence-corrected chi connectivity index (χ0v) is 46.3. The Bertz CT molecular complexity index is 2870. The van der Waals surface area contributed by atoms with E-state index in [1.807, 2.05) is 87.8 Å². The Morgan fingerprint density at radius 3 is 2.41 bits per heavy atom. The summed E-state index contributed by atoms with van der Waals surface area (Å²) in [6, 6.07) is 22.5. The molecule has 0 aliphatic carbocycles. The van der Waals surface area contributed by atoms with E-state index in [-0.39, 0.29) is 56.0 Å². The Hall–Kier alpha value is -7.75. The first-order valence-corrected chi connectivity index (χ1v) is 27.3. The molecule has 4 amide bonds. The number of hydrogen-bond acceptors (Lipinski definition) is 15. The van der Waals surface area contributed by atoms with Crippen LogP contribution in [0.4, 0.5) is 5.69 Å². The molecule has 2 aromatic heterocycles. The van der Waals surface area contributed by atoms with E-state index in [1.54, 1.807) is 60.1 Å². The summed E-state index contributed by atoms with van der Waals surface area (Å²) >= 11 is 1.57. The maximum atomic E-state index is 14.1. The van der Waals surface area contributed by atoms with Crippen molar-refractivity contribution in [3.05, 3.63) is 137 Å². The lowest BCUT2D eigenvalue weighted by atomic mass is 9.85. The van der Waals surface area contributed by atoms with Crippen LogP contribution in [-0.4, -0.2) is 121 Å². The third-order valence-electron chi connectivity index (χ3n) is 13.3. The summed E-state index contributed by atoms with van der Waals surface area (Å²) in [6.07, 6.45) is 9.49. The van der Waals surface area contributed by atoms with Gasteiger partial charge in [-0.05, 0) is 97.5 Å². The van der Waals surface area contributed by atoms with E-state index >= 15 is 0 Å². The Kier molecular flexibility index (Phi) is 22.2. The van der Waals surface area contributed by atoms with Gasteiger partial charge in [-0.2, -0.15) is 5.41 Å². The predicted octanol–water partition coefficient (Wildman–Crippen LogP) is 5.56. The second kappa shape index (κ2) is 29.1. The van der Waals surface area contributed by atoms with Crippen LogP contribution in [-0.2, 0) is 27.5 Å². The number of rotatable bonds is 27. The molecule has 78 heavy (non-hydrogen) atoms. The van der Waals surface area contributed by atoms with Crippen LogP contribution in [0.2, 0.25) is 0 Å². The molecule has 1 aliphatic heterocycles. The van der Waals surface area contributed by atoms with Gasteiger partial charge in [0.25, 0.3) is 11.7 Å². The minimum Gasteiger partial charge on any atom is -0.494 e. The van der Waals surface area contributed by atoms with Crippen LogP contribution in [0.25, 0.3) is 10.4 Å². The van der Waals surface area contributed by atoms with E-state index < -0.39 is 29.5 Å². The minimum absolute atomic E-state index is 0.00104. The molecule has 1 saturated heterocycles. The van der Waals surface area contributed by atoms with Gasteiger partial charge in [-0.3, -0.25) is 19.2 Å². The predicted molar refractivity (Wildman–Crippen MR) is 304 cm³/mol. The summed E-state index contributed by atoms with van der Waals surface area (Å²) in [6.45, 7) is 9.57. The van der Waals surface area contributed by atoms with E-state index in [1.165, 1.54) is 15.8 Å². The van der Waals surface area contributed by atoms with Crippen molar-refractivity contribution in [3.63, 3.8) is 0 Å². The lowest BCUT2D eigenvalue weighted by molar-refractivity contribution is -0.373. The lowest BCUT2D eigenvalue weighted by Crippen LogP contribution is -2.57. The second-order valence-electron chi connectivity index (χ2n) is 20.6. The molecule has 1 aliphatic rings. The van der Waals surface area contributed by atoms with Gasteiger partial charge in [0.1, 0.15) is 36.4 Å². The monoisotopic (exact) mass is 1090 g/mol. The van der Waals surface area contributed by atoms with E-state index in [2.05, 4.69) is 36.2 Å². The molecule has 0 saturated carbocycles. The fraction of sp³-hybridized carbons (Fsp3) is 0.421. The van der Waals surface area contributed by atoms with Gasteiger partial charge < -0.3 is 52.5 Å². The van der Waals surface area contributed by atoms with Crippen LogP contribution in [0, 0.1) is 17.7 Å². The van der Waals surface area contributed by atoms with E-state index in [0.29, 0.717) is 67.4 Å². The molecule has 0 spiro atoms. The number of aryl methyl sites for hydroxylation is 1. The molecule has 3 aromatic carbocycles. The first-order chi connectivity index (χ1) is 37.4. The lowest BCUT2D eigenvalue weighted by Gasteiger charge is -2.35. The van der Waals surface area contributed by atoms with Crippen LogP contribution in [0.15, 0.2) is 109 Å². The number of allylic oxidation sites excluding steroid dienone is 1. The number of benzene rings is 3. The average molecular weight is 1090 g/mol. The van der Waals surface area contributed by atoms with Crippen molar-refractivity contribution in [2.24, 2.45) is 22.7 Å². The van der Waals surface area contributed by atoms with Gasteiger partial charge >= 0.3 is 0 Å². The summed E-state index contributed by atoms with van der Waals surface area (Å²) in [4.78, 5) is 68.7. The summed E-state index contributed by atoms with van der Waals surface area (Å²) < 4.78 is 7.56. The van der Waals surface area contributed by atoms with Crippen molar-refractivity contribution in [2.45, 2.75) is 117 Å². The highest BCUT2D eigenvalue weighted by molar-refractivity contribution is 7.13. The molecule has 0 bridgehead atoms. The number of carbonyl (C=O) groups excluding carboxylic acids is 4. The summed E-state index contributed by atoms with van der Waals surface area (Å²) in [7, 11) is 1.69. The number of thiazole rings is 1. The number of carbonyl (C=O) groups is 4. The molecule has 416 valence electrons. The van der Waals surface area contributed by atoms with Crippen LogP contribution in [0.1, 0.15) is 111 Å². The molecular formula is C57H77N14O6S+. The summed E-state index contributed by atoms with van der Waals surface area (Å²) in [5, 5.41) is 32.6. The maximum absolute atomic E-state index is 14.1. The van der Waals surface area contributed by atoms with Crippen LogP contribution in [0.3, 0.4) is 0 Å². The molecule has 5 aromatic rings. The molecule has 20 nitrogen and oxygen atoms in total. The van der Waals surface area contributed by atoms with Crippen molar-refractivity contribution in [3.8, 4) is 16.2 Å². The number of hydrazine groups is 1. The number of unbranched alkanes of at least 4 members (excludes halogenated alkanes) is 4. The number of anilines is 1. The summed E-state index contributed by atoms with van der Waals surface area (Å²) in [5.41, 5.74) is 19.8. The number of amidine groups is 2. The Labute approximate surface area is 461 Å². The molecule has 0 unspecified atom stereocenters. The van der Waals surface area contributed by atoms with Gasteiger partial charge in [-0.1, -0.05) is 76.1 Å². The molecule has 0 radical (unpaired) electrons. The third kappa shape index (κ3) is 18.2. The second-order valence-corrected chi connectivity index (χ2v) is 21.5. The number of β-amino-alcohol motifs (C(OH)–C–C–N with tert-alkyl or cyclic N) is 1. The van der Waals surface area contributed by atoms with E-state index in [0.717, 1.165) is 58.7 Å². The standard InChI is InChI=1S/C57H76N14O6S/c1-38-51(78-37-67-38)41-22-20-39(21-23-41)31-65-55(75)48-30-45(72)35-71(48)56(76)52(57(2,3)4)68-50(73)19-9-8-16-43(58)34-70(61)26-10-6-7-11-27-77-46-18-12-14-40(28-46)32-64-54(74)42-15-13-17-44(29-42)63-33-49(59)69(5)53(60)47-24-25-62-36-66-47/h12-15,17-18,20-25,28-29,34,36-37,45,48,52,59-60,63,72H,6-11,16,19,26-27,30-33,35,58,61H2,1-5H3,(H3,64,65,68,73,74,75)/p+1/b43-34-,60-53?/t45-,48+,52-/m1/s1. The molecular weight excluding hydrogens is 1010 g/mol. The first-order valence-electron chi connectivity index (χ1n) is 26.4. The number of aliphatic hydroxyl groups is 1. The molecule has 12 N–H and O–H groups in total. The molecule has 3 atom stereocenters. The van der Waals surface area contributed by atoms with Crippen molar-refractivity contribution < 1.29 is 33.6 Å². The van der Waals surface area contributed by atoms with Crippen molar-refractivity contribution in [1.82, 2.24) is 40.8 Å². The normalized spacial score (nSPS) is 15.2. The average Bonchev–Trinajstić information content (AvgIpc) is 4.09. The van der Waals surface area contributed by atoms with Crippen molar-refractivity contribution >= 4 is 52.3 Å². The fourth-order valence-corrected chi connectivity index (χ4v) is 9.58. The largest absolute Gasteiger partial charge is 0.494 e. The van der Waals surface area contributed by atoms with Gasteiger partial charge in [-0.25, -0.2) is 25.4 Å². The fourth-order valence-electron chi connectivity index (χ4n) is 8.77. The third-order valence-corrected chi connectivity index (χ3v) is 14.3. The number of ether oxygens (including phenoxy) is 1. The van der Waals surface area contributed by atoms with Gasteiger partial charge in [-0.15, -0.1) is 11.3 Å². The van der Waals surface area contributed by atoms with E-state index in [4.69, 9.17) is 27.5 Å². The number of nitrogens with two attached hydrogens (primary N) is 3. The topological polar surface area (TPSA) is 296 Å². The number of amides is 4. The van der Waals surface area contributed by atoms with Gasteiger partial charge in [0.15, 0.2) is 0 Å². The van der Waals surface area contributed by atoms with E-state index in [9.17, 15) is 24.3 Å². The number of nitrogens with zero attached hydrogens (tertiary/aromatic N) is 6. The smallest absolute Gasteiger partial charge is 0.280 e. The molecule has 3 heterocycles. The van der Waals surface area contributed by atoms with Crippen LogP contribution in [0.5, 0.6) is 5.75 Å². The highest BCUT2D eigenvalue weighted by Crippen LogP contribution is 2.29. The maximum Gasteiger partial charge on any atom is 0.280 e. The Balaban J connectivity index is 0.827. The number of aliphatic hydroxyl groups excluding tert-OH is 1. The number of nitrogens with one attached hydrogen (secondary N) is 5. The molecule has 6 rings (SSSR count). The highest BCUT2D eigenvalue weighted by atomic mass is 32.1. The Morgan fingerprint density at radius 1 is 0.936 bits per heavy atom. The quantitative estimate of drug-likeness (QED) is 0.00778. The molecule has 21 heteroatoms. The zero-order valence-electron chi connectivity index (χ0n) is 45.5. The molecule has 1 fully saturated rings. The van der Waals surface area contributed by atoms with Crippen molar-refractivity contribution in [2.75, 3.05) is 38.6 Å². The summed E-state index contributed by atoms with van der Waals surface area (Å²) in [5.74, 6) is 6.25. The SMILES string of the molecule is Cc1ncsc1-c1ccc(CNC(=O)[C@@H]2C[C@@H](O)CN2C(=O)[C@@H](NC(=O)CCCC/C(N)=C/N(N)CCCCCCOc2cccc(CNC(=O)c3cccc(NCC(N)=[N+](C)C(=N)c4ccncn4)c3)c2)C(C)(C)C)cc1. The number of likely N-dealkylation sites (tertiary alicyclic amines) is 1.